The first-order valence-corrected chi connectivity index (χ1v) is 11.8. The Bertz CT molecular complexity index is 1170. The molecule has 0 spiro atoms. The van der Waals surface area contributed by atoms with Gasteiger partial charge in [-0.3, -0.25) is 0 Å². The number of hydrogen-bond donors (Lipinski definition) is 0. The van der Waals surface area contributed by atoms with Crippen LogP contribution in [0.25, 0.3) is 0 Å². The Morgan fingerprint density at radius 2 is 0.794 bits per heavy atom. The molecular weight excluding hydrogens is 412 g/mol. The summed E-state index contributed by atoms with van der Waals surface area (Å²) in [6.45, 7) is 0. The van der Waals surface area contributed by atoms with Gasteiger partial charge in [-0.1, -0.05) is 152 Å². The Balaban J connectivity index is 1.72. The third kappa shape index (κ3) is 4.57. The second kappa shape index (κ2) is 10.3. The molecule has 1 heteroatoms. The Hall–Kier alpha value is -3.94. The van der Waals surface area contributed by atoms with Crippen molar-refractivity contribution in [2.24, 2.45) is 0 Å². The van der Waals surface area contributed by atoms with Gasteiger partial charge in [-0.2, -0.15) is 0 Å². The van der Waals surface area contributed by atoms with Crippen LogP contribution in [0, 0.1) is 0 Å². The maximum absolute atomic E-state index is 7.39. The maximum atomic E-state index is 7.39. The highest BCUT2D eigenvalue weighted by Crippen LogP contribution is 2.44. The minimum atomic E-state index is -0.765. The van der Waals surface area contributed by atoms with Crippen molar-refractivity contribution < 1.29 is 4.74 Å². The highest BCUT2D eigenvalue weighted by molar-refractivity contribution is 5.47. The zero-order valence-electron chi connectivity index (χ0n) is 19.1. The van der Waals surface area contributed by atoms with Crippen LogP contribution in [-0.2, 0) is 16.8 Å². The summed E-state index contributed by atoms with van der Waals surface area (Å²) < 4.78 is 7.39. The van der Waals surface area contributed by atoms with Gasteiger partial charge in [-0.05, 0) is 27.8 Å². The largest absolute Gasteiger partial charge is 0.353 e. The van der Waals surface area contributed by atoms with Crippen molar-refractivity contribution in [3.8, 4) is 0 Å². The van der Waals surface area contributed by atoms with Gasteiger partial charge in [0.05, 0.1) is 6.10 Å². The van der Waals surface area contributed by atoms with E-state index in [2.05, 4.69) is 152 Å². The van der Waals surface area contributed by atoms with Crippen LogP contribution in [0.1, 0.15) is 33.9 Å². The lowest BCUT2D eigenvalue weighted by Gasteiger charge is -2.39. The molecule has 0 N–H and O–H groups in total. The zero-order chi connectivity index (χ0) is 23.1. The SMILES string of the molecule is c1ccc(CC(OC(c2ccccc2)(c2ccccc2)c2ccccc2)c2ccccc2)cc1. The monoisotopic (exact) mass is 440 g/mol. The molecule has 0 fully saturated rings. The number of ether oxygens (including phenoxy) is 1. The lowest BCUT2D eigenvalue weighted by atomic mass is 9.79. The van der Waals surface area contributed by atoms with Gasteiger partial charge >= 0.3 is 0 Å². The maximum Gasteiger partial charge on any atom is 0.144 e. The summed E-state index contributed by atoms with van der Waals surface area (Å²) >= 11 is 0. The molecular formula is C33H28O. The van der Waals surface area contributed by atoms with Crippen LogP contribution >= 0.6 is 0 Å². The Labute approximate surface area is 202 Å². The molecule has 0 radical (unpaired) electrons. The van der Waals surface area contributed by atoms with Crippen LogP contribution in [0.15, 0.2) is 152 Å². The molecule has 0 saturated carbocycles. The average Bonchev–Trinajstić information content (AvgIpc) is 2.93. The van der Waals surface area contributed by atoms with Gasteiger partial charge in [-0.15, -0.1) is 0 Å². The molecule has 0 saturated heterocycles. The predicted octanol–water partition coefficient (Wildman–Crippen LogP) is 7.98. The van der Waals surface area contributed by atoms with Crippen molar-refractivity contribution in [1.82, 2.24) is 0 Å². The van der Waals surface area contributed by atoms with E-state index in [0.29, 0.717) is 0 Å². The fourth-order valence-electron chi connectivity index (χ4n) is 4.66. The quantitative estimate of drug-likeness (QED) is 0.222. The minimum Gasteiger partial charge on any atom is -0.353 e. The Kier molecular flexibility index (Phi) is 6.65. The number of benzene rings is 5. The zero-order valence-corrected chi connectivity index (χ0v) is 19.1. The van der Waals surface area contributed by atoms with Crippen molar-refractivity contribution in [2.75, 3.05) is 0 Å². The summed E-state index contributed by atoms with van der Waals surface area (Å²) in [6, 6.07) is 52.9. The summed E-state index contributed by atoms with van der Waals surface area (Å²) in [7, 11) is 0. The molecule has 0 aliphatic heterocycles. The fraction of sp³-hybridized carbons (Fsp3) is 0.0909. The predicted molar refractivity (Wildman–Crippen MR) is 140 cm³/mol. The summed E-state index contributed by atoms with van der Waals surface area (Å²) in [5.41, 5.74) is 4.99. The van der Waals surface area contributed by atoms with E-state index in [-0.39, 0.29) is 6.10 Å². The lowest BCUT2D eigenvalue weighted by molar-refractivity contribution is -0.0492. The molecule has 0 heterocycles. The minimum absolute atomic E-state index is 0.149. The molecule has 1 unspecified atom stereocenters. The molecule has 5 aromatic rings. The second-order valence-electron chi connectivity index (χ2n) is 8.49. The molecule has 0 aliphatic carbocycles. The van der Waals surface area contributed by atoms with Crippen molar-refractivity contribution in [2.45, 2.75) is 18.1 Å². The van der Waals surface area contributed by atoms with Crippen molar-refractivity contribution in [3.05, 3.63) is 179 Å². The van der Waals surface area contributed by atoms with Crippen LogP contribution in [-0.4, -0.2) is 0 Å². The van der Waals surface area contributed by atoms with Gasteiger partial charge in [-0.25, -0.2) is 0 Å². The molecule has 1 nitrogen and oxygen atoms in total. The highest BCUT2D eigenvalue weighted by Gasteiger charge is 2.40. The van der Waals surface area contributed by atoms with E-state index in [9.17, 15) is 0 Å². The van der Waals surface area contributed by atoms with E-state index in [1.54, 1.807) is 0 Å². The standard InChI is InChI=1S/C33H28O/c1-6-16-27(17-7-1)26-32(28-18-8-2-9-19-28)34-33(29-20-10-3-11-21-29,30-22-12-4-13-23-30)31-24-14-5-15-25-31/h1-25,32H,26H2. The van der Waals surface area contributed by atoms with Crippen LogP contribution in [0.3, 0.4) is 0 Å². The first-order chi connectivity index (χ1) is 16.9. The number of hydrogen-bond acceptors (Lipinski definition) is 1. The smallest absolute Gasteiger partial charge is 0.144 e. The summed E-state index contributed by atoms with van der Waals surface area (Å²) in [5, 5.41) is 0. The Morgan fingerprint density at radius 1 is 0.441 bits per heavy atom. The van der Waals surface area contributed by atoms with Crippen LogP contribution in [0.5, 0.6) is 0 Å². The second-order valence-corrected chi connectivity index (χ2v) is 8.49. The molecule has 0 bridgehead atoms. The normalized spacial score (nSPS) is 12.2. The van der Waals surface area contributed by atoms with E-state index in [0.717, 1.165) is 23.1 Å². The van der Waals surface area contributed by atoms with Gasteiger partial charge in [0.15, 0.2) is 0 Å². The van der Waals surface area contributed by atoms with Gasteiger partial charge in [0.2, 0.25) is 0 Å². The molecule has 0 amide bonds. The first kappa shape index (κ1) is 21.9. The van der Waals surface area contributed by atoms with Crippen molar-refractivity contribution >= 4 is 0 Å². The van der Waals surface area contributed by atoms with Crippen LogP contribution in [0.4, 0.5) is 0 Å². The fourth-order valence-corrected chi connectivity index (χ4v) is 4.66. The van der Waals surface area contributed by atoms with Crippen molar-refractivity contribution in [1.29, 1.82) is 0 Å². The molecule has 0 aliphatic rings. The van der Waals surface area contributed by atoms with Crippen molar-refractivity contribution in [3.63, 3.8) is 0 Å². The summed E-state index contributed by atoms with van der Waals surface area (Å²) in [6.07, 6.45) is 0.628. The van der Waals surface area contributed by atoms with Crippen LogP contribution < -0.4 is 0 Å². The first-order valence-electron chi connectivity index (χ1n) is 11.8. The third-order valence-electron chi connectivity index (χ3n) is 6.30. The van der Waals surface area contributed by atoms with Crippen LogP contribution in [0.2, 0.25) is 0 Å². The van der Waals surface area contributed by atoms with E-state index in [1.165, 1.54) is 11.1 Å². The van der Waals surface area contributed by atoms with E-state index in [1.807, 2.05) is 0 Å². The Morgan fingerprint density at radius 3 is 1.21 bits per heavy atom. The molecule has 34 heavy (non-hydrogen) atoms. The lowest BCUT2D eigenvalue weighted by Crippen LogP contribution is -2.35. The average molecular weight is 441 g/mol. The van der Waals surface area contributed by atoms with E-state index in [4.69, 9.17) is 4.74 Å². The van der Waals surface area contributed by atoms with E-state index >= 15 is 0 Å². The van der Waals surface area contributed by atoms with Gasteiger partial charge < -0.3 is 4.74 Å². The third-order valence-corrected chi connectivity index (χ3v) is 6.30. The molecule has 1 atom stereocenters. The topological polar surface area (TPSA) is 9.23 Å². The van der Waals surface area contributed by atoms with Gasteiger partial charge in [0.1, 0.15) is 5.60 Å². The molecule has 5 aromatic carbocycles. The molecule has 0 aromatic heterocycles. The summed E-state index contributed by atoms with van der Waals surface area (Å²) in [4.78, 5) is 0. The van der Waals surface area contributed by atoms with Gasteiger partial charge in [0.25, 0.3) is 0 Å². The highest BCUT2D eigenvalue weighted by atomic mass is 16.5. The van der Waals surface area contributed by atoms with E-state index < -0.39 is 5.60 Å². The number of rotatable bonds is 8. The van der Waals surface area contributed by atoms with Gasteiger partial charge in [0, 0.05) is 6.42 Å². The molecule has 5 rings (SSSR count). The summed E-state index contributed by atoms with van der Waals surface area (Å²) in [5.74, 6) is 0. The molecule has 166 valence electrons.